The highest BCUT2D eigenvalue weighted by Crippen LogP contribution is 2.21. The van der Waals surface area contributed by atoms with Gasteiger partial charge in [0.25, 0.3) is 5.91 Å². The van der Waals surface area contributed by atoms with Crippen LogP contribution >= 0.6 is 0 Å². The van der Waals surface area contributed by atoms with E-state index in [0.29, 0.717) is 6.42 Å². The van der Waals surface area contributed by atoms with Gasteiger partial charge in [-0.1, -0.05) is 72.8 Å². The average molecular weight is 547 g/mol. The third-order valence-corrected chi connectivity index (χ3v) is 6.97. The molecule has 8 heteroatoms. The van der Waals surface area contributed by atoms with E-state index in [2.05, 4.69) is 0 Å². The lowest BCUT2D eigenvalue weighted by molar-refractivity contribution is -0.153. The second-order valence-electron chi connectivity index (χ2n) is 11.4. The van der Waals surface area contributed by atoms with Crippen molar-refractivity contribution in [3.05, 3.63) is 83.9 Å². The second kappa shape index (κ2) is 13.0. The van der Waals surface area contributed by atoms with E-state index in [1.54, 1.807) is 61.0 Å². The molecule has 40 heavy (non-hydrogen) atoms. The van der Waals surface area contributed by atoms with Crippen molar-refractivity contribution in [2.45, 2.75) is 51.3 Å². The summed E-state index contributed by atoms with van der Waals surface area (Å²) < 4.78 is 5.63. The molecule has 0 N–H and O–H groups in total. The lowest BCUT2D eigenvalue weighted by Crippen LogP contribution is -2.57. The SMILES string of the molecule is CN(C(=O)OC(C)(C)C)[C@H](Cc1ccc2ccccc2c1)C(=O)N(C)[C@H](Cc1ccccc1)C(=O)N(C)N(C)C. The fourth-order valence-corrected chi connectivity index (χ4v) is 4.47. The molecule has 2 atom stereocenters. The van der Waals surface area contributed by atoms with Crippen molar-refractivity contribution in [1.82, 2.24) is 19.8 Å². The molecule has 214 valence electrons. The quantitative estimate of drug-likeness (QED) is 0.366. The van der Waals surface area contributed by atoms with Gasteiger partial charge in [-0.15, -0.1) is 0 Å². The fourth-order valence-electron chi connectivity index (χ4n) is 4.47. The molecule has 0 saturated heterocycles. The van der Waals surface area contributed by atoms with E-state index in [-0.39, 0.29) is 18.2 Å². The highest BCUT2D eigenvalue weighted by Gasteiger charge is 2.37. The van der Waals surface area contributed by atoms with Gasteiger partial charge in [0.2, 0.25) is 5.91 Å². The molecule has 0 saturated carbocycles. The van der Waals surface area contributed by atoms with Crippen molar-refractivity contribution >= 4 is 28.7 Å². The van der Waals surface area contributed by atoms with Gasteiger partial charge in [-0.05, 0) is 42.7 Å². The lowest BCUT2D eigenvalue weighted by atomic mass is 9.98. The van der Waals surface area contributed by atoms with E-state index in [1.807, 2.05) is 72.8 Å². The molecule has 0 aliphatic carbocycles. The van der Waals surface area contributed by atoms with Crippen LogP contribution in [0.1, 0.15) is 31.9 Å². The Hall–Kier alpha value is -3.91. The molecule has 8 nitrogen and oxygen atoms in total. The molecule has 0 radical (unpaired) electrons. The molecule has 0 heterocycles. The third kappa shape index (κ3) is 7.82. The van der Waals surface area contributed by atoms with Gasteiger partial charge in [-0.2, -0.15) is 0 Å². The van der Waals surface area contributed by atoms with Crippen molar-refractivity contribution in [3.8, 4) is 0 Å². The number of fused-ring (bicyclic) bond motifs is 1. The molecule has 0 spiro atoms. The van der Waals surface area contributed by atoms with Gasteiger partial charge in [0, 0.05) is 48.1 Å². The highest BCUT2D eigenvalue weighted by molar-refractivity contribution is 5.91. The maximum absolute atomic E-state index is 14.2. The fraction of sp³-hybridized carbons (Fsp3) is 0.406. The first-order valence-corrected chi connectivity index (χ1v) is 13.5. The molecular weight excluding hydrogens is 504 g/mol. The van der Waals surface area contributed by atoms with E-state index in [9.17, 15) is 14.4 Å². The first-order chi connectivity index (χ1) is 18.8. The first-order valence-electron chi connectivity index (χ1n) is 13.5. The van der Waals surface area contributed by atoms with Crippen molar-refractivity contribution in [1.29, 1.82) is 0 Å². The van der Waals surface area contributed by atoms with Crippen molar-refractivity contribution < 1.29 is 19.1 Å². The molecular formula is C32H42N4O4. The molecule has 3 rings (SSSR count). The Kier molecular flexibility index (Phi) is 9.93. The number of likely N-dealkylation sites (N-methyl/N-ethyl adjacent to an activating group) is 3. The minimum atomic E-state index is -0.892. The van der Waals surface area contributed by atoms with Crippen LogP contribution in [-0.4, -0.2) is 90.6 Å². The van der Waals surface area contributed by atoms with Gasteiger partial charge < -0.3 is 9.64 Å². The number of hydrogen-bond donors (Lipinski definition) is 0. The zero-order valence-corrected chi connectivity index (χ0v) is 24.9. The summed E-state index contributed by atoms with van der Waals surface area (Å²) >= 11 is 0. The maximum Gasteiger partial charge on any atom is 0.410 e. The Balaban J connectivity index is 1.99. The topological polar surface area (TPSA) is 73.4 Å². The molecule has 0 aromatic heterocycles. The summed E-state index contributed by atoms with van der Waals surface area (Å²) in [6.07, 6.45) is -0.00488. The van der Waals surface area contributed by atoms with Crippen LogP contribution < -0.4 is 0 Å². The van der Waals surface area contributed by atoms with E-state index in [4.69, 9.17) is 4.74 Å². The van der Waals surface area contributed by atoms with Crippen LogP contribution in [0.2, 0.25) is 0 Å². The Morgan fingerprint density at radius 1 is 0.675 bits per heavy atom. The van der Waals surface area contributed by atoms with Crippen LogP contribution in [0.15, 0.2) is 72.8 Å². The minimum absolute atomic E-state index is 0.228. The molecule has 0 aliphatic rings. The van der Waals surface area contributed by atoms with E-state index < -0.39 is 23.8 Å². The number of hydrogen-bond acceptors (Lipinski definition) is 5. The van der Waals surface area contributed by atoms with Gasteiger partial charge in [-0.25, -0.2) is 9.80 Å². The number of ether oxygens (including phenoxy) is 1. The van der Waals surface area contributed by atoms with Crippen LogP contribution in [0.4, 0.5) is 4.79 Å². The lowest BCUT2D eigenvalue weighted by Gasteiger charge is -2.37. The summed E-state index contributed by atoms with van der Waals surface area (Å²) in [6, 6.07) is 21.9. The number of carbonyl (C=O) groups is 3. The monoisotopic (exact) mass is 546 g/mol. The van der Waals surface area contributed by atoms with Crippen LogP contribution in [0.25, 0.3) is 10.8 Å². The van der Waals surface area contributed by atoms with Gasteiger partial charge >= 0.3 is 6.09 Å². The predicted molar refractivity (Wildman–Crippen MR) is 159 cm³/mol. The molecule has 3 aromatic rings. The highest BCUT2D eigenvalue weighted by atomic mass is 16.6. The second-order valence-corrected chi connectivity index (χ2v) is 11.4. The maximum atomic E-state index is 14.2. The van der Waals surface area contributed by atoms with Gasteiger partial charge in [0.15, 0.2) is 0 Å². The van der Waals surface area contributed by atoms with Crippen molar-refractivity contribution in [2.75, 3.05) is 35.2 Å². The van der Waals surface area contributed by atoms with Crippen molar-refractivity contribution in [2.24, 2.45) is 0 Å². The summed E-state index contributed by atoms with van der Waals surface area (Å²) in [5, 5.41) is 5.31. The van der Waals surface area contributed by atoms with Gasteiger partial charge in [0.1, 0.15) is 17.7 Å². The van der Waals surface area contributed by atoms with Crippen molar-refractivity contribution in [3.63, 3.8) is 0 Å². The number of rotatable bonds is 9. The molecule has 3 aromatic carbocycles. The number of benzene rings is 3. The third-order valence-electron chi connectivity index (χ3n) is 6.97. The molecule has 3 amide bonds. The number of hydrazine groups is 1. The zero-order valence-electron chi connectivity index (χ0n) is 24.9. The molecule has 0 fully saturated rings. The van der Waals surface area contributed by atoms with E-state index >= 15 is 0 Å². The summed E-state index contributed by atoms with van der Waals surface area (Å²) in [5.41, 5.74) is 1.10. The van der Waals surface area contributed by atoms with E-state index in [0.717, 1.165) is 21.9 Å². The average Bonchev–Trinajstić information content (AvgIpc) is 2.92. The number of carbonyl (C=O) groups excluding carboxylic acids is 3. The van der Waals surface area contributed by atoms with Crippen LogP contribution in [0.3, 0.4) is 0 Å². The summed E-state index contributed by atoms with van der Waals surface area (Å²) in [4.78, 5) is 43.9. The Bertz CT molecular complexity index is 1320. The summed E-state index contributed by atoms with van der Waals surface area (Å²) in [6.45, 7) is 5.37. The molecule has 0 aliphatic heterocycles. The van der Waals surface area contributed by atoms with Gasteiger partial charge in [-0.3, -0.25) is 19.5 Å². The van der Waals surface area contributed by atoms with Crippen LogP contribution in [0.5, 0.6) is 0 Å². The molecule has 0 unspecified atom stereocenters. The number of nitrogens with zero attached hydrogens (tertiary/aromatic N) is 4. The predicted octanol–water partition coefficient (Wildman–Crippen LogP) is 4.62. The summed E-state index contributed by atoms with van der Waals surface area (Å²) in [7, 11) is 8.44. The van der Waals surface area contributed by atoms with Crippen LogP contribution in [0, 0.1) is 0 Å². The van der Waals surface area contributed by atoms with E-state index in [1.165, 1.54) is 14.8 Å². The normalized spacial score (nSPS) is 13.0. The Morgan fingerprint density at radius 2 is 1.23 bits per heavy atom. The van der Waals surface area contributed by atoms with Gasteiger partial charge in [0.05, 0.1) is 0 Å². The molecule has 0 bridgehead atoms. The smallest absolute Gasteiger partial charge is 0.410 e. The largest absolute Gasteiger partial charge is 0.444 e. The standard InChI is InChI=1S/C32H42N4O4/c1-32(2,3)40-31(39)35(7)27(22-24-18-19-25-16-12-13-17-26(25)20-24)29(37)34(6)28(30(38)36(8)33(4)5)21-23-14-10-9-11-15-23/h9-20,27-28H,21-22H2,1-8H3/t27-,28-/m1/s1. The van der Waals surface area contributed by atoms with Crippen LogP contribution in [-0.2, 0) is 27.2 Å². The first kappa shape index (κ1) is 30.6. The zero-order chi connectivity index (χ0) is 29.6. The number of amides is 3. The Labute approximate surface area is 238 Å². The minimum Gasteiger partial charge on any atom is -0.444 e. The Morgan fingerprint density at radius 3 is 1.82 bits per heavy atom. The summed E-state index contributed by atoms with van der Waals surface area (Å²) in [5.74, 6) is -0.572.